The number of benzene rings is 2. The number of hydrogen-bond donors (Lipinski definition) is 2. The monoisotopic (exact) mass is 322 g/mol. The highest BCUT2D eigenvalue weighted by Crippen LogP contribution is 2.16. The quantitative estimate of drug-likeness (QED) is 0.763. The van der Waals surface area contributed by atoms with Gasteiger partial charge < -0.3 is 10.6 Å². The molecule has 2 aromatic carbocycles. The molecule has 8 heteroatoms. The number of tetrazole rings is 1. The second-order valence-corrected chi connectivity index (χ2v) is 5.02. The fraction of sp³-hybridized carbons (Fsp3) is 0.0625. The zero-order chi connectivity index (χ0) is 16.9. The number of carbonyl (C=O) groups excluding carboxylic acids is 2. The first kappa shape index (κ1) is 15.3. The molecule has 0 radical (unpaired) electrons. The van der Waals surface area contributed by atoms with E-state index < -0.39 is 0 Å². The molecule has 2 N–H and O–H groups in total. The summed E-state index contributed by atoms with van der Waals surface area (Å²) in [5.74, 6) is -0.421. The van der Waals surface area contributed by atoms with Crippen LogP contribution < -0.4 is 10.6 Å². The van der Waals surface area contributed by atoms with Gasteiger partial charge >= 0.3 is 0 Å². The van der Waals surface area contributed by atoms with Crippen LogP contribution in [0.4, 0.5) is 11.4 Å². The summed E-state index contributed by atoms with van der Waals surface area (Å²) in [6, 6.07) is 13.8. The first-order chi connectivity index (χ1) is 11.6. The zero-order valence-electron chi connectivity index (χ0n) is 12.8. The summed E-state index contributed by atoms with van der Waals surface area (Å²) in [7, 11) is 0. The number of amides is 2. The minimum atomic E-state index is -0.252. The van der Waals surface area contributed by atoms with E-state index in [-0.39, 0.29) is 11.8 Å². The molecule has 0 fully saturated rings. The number of nitrogens with zero attached hydrogens (tertiary/aromatic N) is 4. The van der Waals surface area contributed by atoms with Crippen LogP contribution >= 0.6 is 0 Å². The fourth-order valence-electron chi connectivity index (χ4n) is 2.13. The van der Waals surface area contributed by atoms with E-state index in [1.807, 2.05) is 0 Å². The lowest BCUT2D eigenvalue weighted by atomic mass is 10.2. The summed E-state index contributed by atoms with van der Waals surface area (Å²) in [6.07, 6.45) is 1.47. The highest BCUT2D eigenvalue weighted by atomic mass is 16.2. The van der Waals surface area contributed by atoms with Crippen LogP contribution in [-0.4, -0.2) is 32.0 Å². The molecule has 0 aliphatic carbocycles. The Morgan fingerprint density at radius 1 is 1.00 bits per heavy atom. The van der Waals surface area contributed by atoms with Gasteiger partial charge in [-0.15, -0.1) is 5.10 Å². The Hall–Kier alpha value is -3.55. The molecule has 1 aromatic heterocycles. The lowest BCUT2D eigenvalue weighted by Crippen LogP contribution is -2.12. The van der Waals surface area contributed by atoms with Crippen LogP contribution in [-0.2, 0) is 4.79 Å². The zero-order valence-corrected chi connectivity index (χ0v) is 12.8. The summed E-state index contributed by atoms with van der Waals surface area (Å²) in [6.45, 7) is 1.43. The van der Waals surface area contributed by atoms with E-state index in [2.05, 4.69) is 26.2 Å². The van der Waals surface area contributed by atoms with Crippen LogP contribution in [0.25, 0.3) is 5.69 Å². The molecular weight excluding hydrogens is 308 g/mol. The number of rotatable bonds is 4. The summed E-state index contributed by atoms with van der Waals surface area (Å²) in [5, 5.41) is 16.4. The smallest absolute Gasteiger partial charge is 0.255 e. The second-order valence-electron chi connectivity index (χ2n) is 5.02. The first-order valence-corrected chi connectivity index (χ1v) is 7.14. The number of nitrogens with one attached hydrogen (secondary N) is 2. The van der Waals surface area contributed by atoms with Gasteiger partial charge in [-0.1, -0.05) is 6.07 Å². The molecule has 1 heterocycles. The van der Waals surface area contributed by atoms with Crippen molar-refractivity contribution < 1.29 is 9.59 Å². The maximum absolute atomic E-state index is 12.3. The van der Waals surface area contributed by atoms with Crippen LogP contribution in [0.15, 0.2) is 54.9 Å². The number of aromatic nitrogens is 4. The Kier molecular flexibility index (Phi) is 4.28. The van der Waals surface area contributed by atoms with Gasteiger partial charge in [-0.2, -0.15) is 0 Å². The summed E-state index contributed by atoms with van der Waals surface area (Å²) >= 11 is 0. The lowest BCUT2D eigenvalue weighted by Gasteiger charge is -2.08. The van der Waals surface area contributed by atoms with Crippen molar-refractivity contribution in [2.24, 2.45) is 0 Å². The maximum atomic E-state index is 12.3. The molecule has 0 spiro atoms. The Labute approximate surface area is 137 Å². The van der Waals surface area contributed by atoms with Gasteiger partial charge in [0.1, 0.15) is 6.33 Å². The van der Waals surface area contributed by atoms with E-state index in [4.69, 9.17) is 0 Å². The molecule has 3 rings (SSSR count). The SMILES string of the molecule is CC(=O)Nc1cccc(NC(=O)c2ccc(-n3cnnn3)cc2)c1. The molecule has 24 heavy (non-hydrogen) atoms. The van der Waals surface area contributed by atoms with Crippen molar-refractivity contribution >= 4 is 23.2 Å². The van der Waals surface area contributed by atoms with Gasteiger partial charge in [0.2, 0.25) is 5.91 Å². The molecule has 0 atom stereocenters. The maximum Gasteiger partial charge on any atom is 0.255 e. The van der Waals surface area contributed by atoms with Gasteiger partial charge in [0, 0.05) is 23.9 Å². The molecular formula is C16H14N6O2. The van der Waals surface area contributed by atoms with Crippen LogP contribution in [0.5, 0.6) is 0 Å². The van der Waals surface area contributed by atoms with Gasteiger partial charge in [-0.3, -0.25) is 9.59 Å². The van der Waals surface area contributed by atoms with Crippen LogP contribution in [0.2, 0.25) is 0 Å². The molecule has 0 saturated carbocycles. The molecule has 120 valence electrons. The summed E-state index contributed by atoms with van der Waals surface area (Å²) in [5.41, 5.74) is 2.46. The van der Waals surface area contributed by atoms with Crippen molar-refractivity contribution in [3.8, 4) is 5.69 Å². The van der Waals surface area contributed by atoms with E-state index in [9.17, 15) is 9.59 Å². The lowest BCUT2D eigenvalue weighted by molar-refractivity contribution is -0.114. The van der Waals surface area contributed by atoms with Crippen molar-refractivity contribution in [3.05, 3.63) is 60.4 Å². The average Bonchev–Trinajstić information content (AvgIpc) is 3.09. The van der Waals surface area contributed by atoms with Crippen LogP contribution in [0.1, 0.15) is 17.3 Å². The molecule has 0 aliphatic heterocycles. The fourth-order valence-corrected chi connectivity index (χ4v) is 2.13. The van der Waals surface area contributed by atoms with Gasteiger partial charge in [-0.25, -0.2) is 4.68 Å². The molecule has 8 nitrogen and oxygen atoms in total. The molecule has 0 aliphatic rings. The summed E-state index contributed by atoms with van der Waals surface area (Å²) in [4.78, 5) is 23.4. The molecule has 0 unspecified atom stereocenters. The third-order valence-electron chi connectivity index (χ3n) is 3.18. The van der Waals surface area contributed by atoms with Gasteiger partial charge in [0.25, 0.3) is 5.91 Å². The number of carbonyl (C=O) groups is 2. The Bertz CT molecular complexity index is 859. The normalized spacial score (nSPS) is 10.2. The first-order valence-electron chi connectivity index (χ1n) is 7.14. The van der Waals surface area contributed by atoms with Crippen LogP contribution in [0, 0.1) is 0 Å². The van der Waals surface area contributed by atoms with Crippen LogP contribution in [0.3, 0.4) is 0 Å². The number of hydrogen-bond acceptors (Lipinski definition) is 5. The molecule has 0 bridgehead atoms. The Morgan fingerprint density at radius 2 is 1.71 bits per heavy atom. The Morgan fingerprint density at radius 3 is 2.33 bits per heavy atom. The topological polar surface area (TPSA) is 102 Å². The largest absolute Gasteiger partial charge is 0.326 e. The van der Waals surface area contributed by atoms with Crippen molar-refractivity contribution in [2.75, 3.05) is 10.6 Å². The van der Waals surface area contributed by atoms with Crippen molar-refractivity contribution in [2.45, 2.75) is 6.92 Å². The highest BCUT2D eigenvalue weighted by Gasteiger charge is 2.07. The number of anilines is 2. The minimum absolute atomic E-state index is 0.170. The van der Waals surface area contributed by atoms with E-state index in [1.165, 1.54) is 17.9 Å². The third-order valence-corrected chi connectivity index (χ3v) is 3.18. The van der Waals surface area contributed by atoms with E-state index in [0.717, 1.165) is 5.69 Å². The van der Waals surface area contributed by atoms with E-state index in [0.29, 0.717) is 16.9 Å². The third kappa shape index (κ3) is 3.61. The van der Waals surface area contributed by atoms with Crippen molar-refractivity contribution in [1.82, 2.24) is 20.2 Å². The summed E-state index contributed by atoms with van der Waals surface area (Å²) < 4.78 is 1.50. The standard InChI is InChI=1S/C16H14N6O2/c1-11(23)18-13-3-2-4-14(9-13)19-16(24)12-5-7-15(8-6-12)22-10-17-20-21-22/h2-10H,1H3,(H,18,23)(H,19,24). The van der Waals surface area contributed by atoms with E-state index in [1.54, 1.807) is 48.5 Å². The minimum Gasteiger partial charge on any atom is -0.326 e. The molecule has 2 amide bonds. The van der Waals surface area contributed by atoms with E-state index >= 15 is 0 Å². The van der Waals surface area contributed by atoms with Crippen molar-refractivity contribution in [3.63, 3.8) is 0 Å². The Balaban J connectivity index is 1.72. The van der Waals surface area contributed by atoms with Gasteiger partial charge in [0.15, 0.2) is 0 Å². The molecule has 3 aromatic rings. The van der Waals surface area contributed by atoms with Crippen molar-refractivity contribution in [1.29, 1.82) is 0 Å². The second kappa shape index (κ2) is 6.69. The molecule has 0 saturated heterocycles. The highest BCUT2D eigenvalue weighted by molar-refractivity contribution is 6.04. The van der Waals surface area contributed by atoms with Gasteiger partial charge in [-0.05, 0) is 52.9 Å². The predicted molar refractivity (Wildman–Crippen MR) is 87.9 cm³/mol. The predicted octanol–water partition coefficient (Wildman–Crippen LogP) is 1.87. The average molecular weight is 322 g/mol. The van der Waals surface area contributed by atoms with Gasteiger partial charge in [0.05, 0.1) is 5.69 Å².